The van der Waals surface area contributed by atoms with E-state index in [1.54, 1.807) is 18.2 Å². The Morgan fingerprint density at radius 1 is 1.05 bits per heavy atom. The molecular formula is C15H16Cl2N2O2. The van der Waals surface area contributed by atoms with Crippen LogP contribution >= 0.6 is 23.2 Å². The van der Waals surface area contributed by atoms with E-state index in [9.17, 15) is 9.59 Å². The Balaban J connectivity index is 1.84. The Morgan fingerprint density at radius 3 is 2.43 bits per heavy atom. The highest BCUT2D eigenvalue weighted by Crippen LogP contribution is 2.33. The van der Waals surface area contributed by atoms with Crippen molar-refractivity contribution in [2.24, 2.45) is 5.92 Å². The Labute approximate surface area is 133 Å². The first-order valence-electron chi connectivity index (χ1n) is 7.17. The van der Waals surface area contributed by atoms with Gasteiger partial charge in [-0.25, -0.2) is 9.69 Å². The molecule has 2 fully saturated rings. The Kier molecular flexibility index (Phi) is 4.09. The number of nitrogens with one attached hydrogen (secondary N) is 1. The molecule has 0 radical (unpaired) electrons. The Bertz CT molecular complexity index is 585. The molecule has 1 N–H and O–H groups in total. The van der Waals surface area contributed by atoms with Gasteiger partial charge >= 0.3 is 6.03 Å². The summed E-state index contributed by atoms with van der Waals surface area (Å²) in [6.07, 6.45) is 5.44. The van der Waals surface area contributed by atoms with Crippen LogP contribution in [-0.4, -0.2) is 18.0 Å². The molecule has 0 spiro atoms. The monoisotopic (exact) mass is 326 g/mol. The molecule has 1 aromatic rings. The fraction of sp³-hybridized carbons (Fsp3) is 0.467. The lowest BCUT2D eigenvalue weighted by Gasteiger charge is -2.25. The van der Waals surface area contributed by atoms with Gasteiger partial charge in [-0.15, -0.1) is 0 Å². The predicted octanol–water partition coefficient (Wildman–Crippen LogP) is 4.00. The number of amides is 3. The molecule has 2 aliphatic rings. The number of benzene rings is 1. The van der Waals surface area contributed by atoms with Gasteiger partial charge in [0.2, 0.25) is 0 Å². The molecule has 21 heavy (non-hydrogen) atoms. The van der Waals surface area contributed by atoms with Crippen molar-refractivity contribution in [3.8, 4) is 0 Å². The zero-order chi connectivity index (χ0) is 15.0. The second-order valence-corrected chi connectivity index (χ2v) is 6.41. The van der Waals surface area contributed by atoms with Gasteiger partial charge in [0.25, 0.3) is 5.91 Å². The summed E-state index contributed by atoms with van der Waals surface area (Å²) in [7, 11) is 0. The highest BCUT2D eigenvalue weighted by Gasteiger charge is 2.43. The number of halogens is 2. The van der Waals surface area contributed by atoms with Crippen LogP contribution in [0.15, 0.2) is 18.2 Å². The summed E-state index contributed by atoms with van der Waals surface area (Å²) in [6.45, 7) is 0. The van der Waals surface area contributed by atoms with Gasteiger partial charge in [0.1, 0.15) is 6.04 Å². The number of carbonyl (C=O) groups is 2. The number of urea groups is 1. The zero-order valence-electron chi connectivity index (χ0n) is 11.4. The van der Waals surface area contributed by atoms with Crippen molar-refractivity contribution in [3.63, 3.8) is 0 Å². The maximum absolute atomic E-state index is 12.6. The highest BCUT2D eigenvalue weighted by atomic mass is 35.5. The fourth-order valence-electron chi connectivity index (χ4n) is 3.15. The van der Waals surface area contributed by atoms with E-state index in [1.807, 2.05) is 0 Å². The van der Waals surface area contributed by atoms with Crippen LogP contribution < -0.4 is 10.2 Å². The molecule has 1 aromatic carbocycles. The molecule has 3 rings (SSSR count). The van der Waals surface area contributed by atoms with Gasteiger partial charge in [0.15, 0.2) is 0 Å². The first-order chi connectivity index (χ1) is 10.1. The summed E-state index contributed by atoms with van der Waals surface area (Å²) in [6, 6.07) is 3.98. The fourth-order valence-corrected chi connectivity index (χ4v) is 3.45. The first-order valence-corrected chi connectivity index (χ1v) is 7.93. The predicted molar refractivity (Wildman–Crippen MR) is 82.8 cm³/mol. The van der Waals surface area contributed by atoms with Gasteiger partial charge in [0.05, 0.1) is 15.7 Å². The molecule has 0 aromatic heterocycles. The SMILES string of the molecule is O=C1NC(C2CCCCC2)C(=O)N1c1ccc(Cl)c(Cl)c1. The van der Waals surface area contributed by atoms with Crippen molar-refractivity contribution in [3.05, 3.63) is 28.2 Å². The molecule has 112 valence electrons. The van der Waals surface area contributed by atoms with E-state index in [1.165, 1.54) is 11.3 Å². The Morgan fingerprint density at radius 2 is 1.76 bits per heavy atom. The van der Waals surface area contributed by atoms with E-state index in [2.05, 4.69) is 5.32 Å². The number of hydrogen-bond acceptors (Lipinski definition) is 2. The lowest BCUT2D eigenvalue weighted by atomic mass is 9.84. The van der Waals surface area contributed by atoms with Crippen LogP contribution in [-0.2, 0) is 4.79 Å². The first kappa shape index (κ1) is 14.7. The van der Waals surface area contributed by atoms with Crippen LogP contribution in [0.25, 0.3) is 0 Å². The lowest BCUT2D eigenvalue weighted by Crippen LogP contribution is -2.38. The number of anilines is 1. The maximum atomic E-state index is 12.6. The van der Waals surface area contributed by atoms with Crippen molar-refractivity contribution >= 4 is 40.8 Å². The smallest absolute Gasteiger partial charge is 0.325 e. The number of nitrogens with zero attached hydrogens (tertiary/aromatic N) is 1. The number of rotatable bonds is 2. The van der Waals surface area contributed by atoms with Gasteiger partial charge in [0, 0.05) is 0 Å². The molecule has 1 unspecified atom stereocenters. The normalized spacial score (nSPS) is 23.5. The molecule has 1 saturated carbocycles. The minimum Gasteiger partial charge on any atom is -0.325 e. The molecule has 1 saturated heterocycles. The number of imide groups is 1. The van der Waals surface area contributed by atoms with E-state index in [4.69, 9.17) is 23.2 Å². The zero-order valence-corrected chi connectivity index (χ0v) is 13.0. The van der Waals surface area contributed by atoms with Crippen molar-refractivity contribution in [2.45, 2.75) is 38.1 Å². The van der Waals surface area contributed by atoms with Crippen LogP contribution in [0.1, 0.15) is 32.1 Å². The summed E-state index contributed by atoms with van der Waals surface area (Å²) >= 11 is 11.8. The molecular weight excluding hydrogens is 311 g/mol. The second-order valence-electron chi connectivity index (χ2n) is 5.60. The summed E-state index contributed by atoms with van der Waals surface area (Å²) in [5.74, 6) is 0.0493. The van der Waals surface area contributed by atoms with E-state index in [-0.39, 0.29) is 17.9 Å². The third kappa shape index (κ3) is 2.74. The minimum atomic E-state index is -0.410. The molecule has 6 heteroatoms. The Hall–Kier alpha value is -1.26. The van der Waals surface area contributed by atoms with Crippen molar-refractivity contribution in [2.75, 3.05) is 4.90 Å². The lowest BCUT2D eigenvalue weighted by molar-refractivity contribution is -0.119. The van der Waals surface area contributed by atoms with E-state index >= 15 is 0 Å². The average Bonchev–Trinajstić information content (AvgIpc) is 2.78. The van der Waals surface area contributed by atoms with Crippen molar-refractivity contribution in [1.82, 2.24) is 5.32 Å². The summed E-state index contributed by atoms with van der Waals surface area (Å²) in [5, 5.41) is 3.55. The quantitative estimate of drug-likeness (QED) is 0.835. The van der Waals surface area contributed by atoms with Gasteiger partial charge in [-0.3, -0.25) is 4.79 Å². The maximum Gasteiger partial charge on any atom is 0.329 e. The summed E-state index contributed by atoms with van der Waals surface area (Å²) in [5.41, 5.74) is 0.463. The summed E-state index contributed by atoms with van der Waals surface area (Å²) < 4.78 is 0. The molecule has 1 aliphatic carbocycles. The van der Waals surface area contributed by atoms with Crippen LogP contribution in [0.3, 0.4) is 0 Å². The highest BCUT2D eigenvalue weighted by molar-refractivity contribution is 6.42. The second kappa shape index (κ2) is 5.85. The van der Waals surface area contributed by atoms with Crippen LogP contribution in [0.5, 0.6) is 0 Å². The van der Waals surface area contributed by atoms with Crippen LogP contribution in [0.2, 0.25) is 10.0 Å². The molecule has 4 nitrogen and oxygen atoms in total. The molecule has 1 aliphatic heterocycles. The third-order valence-corrected chi connectivity index (χ3v) is 4.99. The van der Waals surface area contributed by atoms with Gasteiger partial charge < -0.3 is 5.32 Å². The van der Waals surface area contributed by atoms with Gasteiger partial charge in [-0.05, 0) is 37.0 Å². The standard InChI is InChI=1S/C15H16Cl2N2O2/c16-11-7-6-10(8-12(11)17)19-14(20)13(18-15(19)21)9-4-2-1-3-5-9/h6-9,13H,1-5H2,(H,18,21). The van der Waals surface area contributed by atoms with Crippen molar-refractivity contribution in [1.29, 1.82) is 0 Å². The third-order valence-electron chi connectivity index (χ3n) is 4.25. The van der Waals surface area contributed by atoms with E-state index in [0.29, 0.717) is 15.7 Å². The van der Waals surface area contributed by atoms with Crippen LogP contribution in [0, 0.1) is 5.92 Å². The minimum absolute atomic E-state index is 0.190. The number of carbonyl (C=O) groups excluding carboxylic acids is 2. The topological polar surface area (TPSA) is 49.4 Å². The van der Waals surface area contributed by atoms with Crippen molar-refractivity contribution < 1.29 is 9.59 Å². The van der Waals surface area contributed by atoms with E-state index in [0.717, 1.165) is 25.7 Å². The molecule has 0 bridgehead atoms. The summed E-state index contributed by atoms with van der Waals surface area (Å²) in [4.78, 5) is 25.9. The van der Waals surface area contributed by atoms with Crippen LogP contribution in [0.4, 0.5) is 10.5 Å². The molecule has 3 amide bonds. The number of hydrogen-bond donors (Lipinski definition) is 1. The average molecular weight is 327 g/mol. The molecule has 1 atom stereocenters. The van der Waals surface area contributed by atoms with Gasteiger partial charge in [-0.2, -0.15) is 0 Å². The molecule has 1 heterocycles. The van der Waals surface area contributed by atoms with Gasteiger partial charge in [-0.1, -0.05) is 42.5 Å². The van der Waals surface area contributed by atoms with E-state index < -0.39 is 6.04 Å². The largest absolute Gasteiger partial charge is 0.329 e.